The lowest BCUT2D eigenvalue weighted by Gasteiger charge is -2.37. The summed E-state index contributed by atoms with van der Waals surface area (Å²) in [5.74, 6) is -0.243. The Morgan fingerprint density at radius 1 is 1.00 bits per heavy atom. The number of sulfonamides is 1. The Morgan fingerprint density at radius 3 is 2.00 bits per heavy atom. The monoisotopic (exact) mass is 473 g/mol. The van der Waals surface area contributed by atoms with Crippen LogP contribution < -0.4 is 14.9 Å². The maximum Gasteiger partial charge on any atom is 0.255 e. The van der Waals surface area contributed by atoms with Crippen LogP contribution in [0.25, 0.3) is 0 Å². The molecule has 180 valence electrons. The number of amides is 1. The van der Waals surface area contributed by atoms with Gasteiger partial charge in [0.15, 0.2) is 0 Å². The van der Waals surface area contributed by atoms with E-state index in [0.717, 1.165) is 35.6 Å². The van der Waals surface area contributed by atoms with E-state index < -0.39 is 14.8 Å². The first-order chi connectivity index (χ1) is 15.3. The Bertz CT molecular complexity index is 1090. The maximum atomic E-state index is 12.9. The molecule has 0 aromatic heterocycles. The summed E-state index contributed by atoms with van der Waals surface area (Å²) in [7, 11) is -3.53. The molecule has 1 heterocycles. The lowest BCUT2D eigenvalue weighted by molar-refractivity contribution is -0.00522. The van der Waals surface area contributed by atoms with Crippen LogP contribution in [0.15, 0.2) is 36.4 Å². The topological polar surface area (TPSA) is 87.7 Å². The van der Waals surface area contributed by atoms with Gasteiger partial charge in [-0.25, -0.2) is 8.42 Å². The first-order valence-electron chi connectivity index (χ1n) is 11.2. The smallest absolute Gasteiger partial charge is 0.255 e. The zero-order chi connectivity index (χ0) is 24.6. The minimum Gasteiger partial charge on any atom is -0.372 e. The molecular weight excluding hydrogens is 438 g/mol. The number of benzene rings is 2. The molecule has 1 saturated heterocycles. The van der Waals surface area contributed by atoms with Crippen molar-refractivity contribution >= 4 is 33.0 Å². The number of hydrogen-bond donors (Lipinski definition) is 2. The summed E-state index contributed by atoms with van der Waals surface area (Å²) in [6.45, 7) is 14.7. The molecule has 0 spiro atoms. The Morgan fingerprint density at radius 2 is 1.52 bits per heavy atom. The first kappa shape index (κ1) is 25.1. The molecule has 2 atom stereocenters. The minimum atomic E-state index is -3.53. The van der Waals surface area contributed by atoms with E-state index in [4.69, 9.17) is 4.74 Å². The van der Waals surface area contributed by atoms with Gasteiger partial charge >= 0.3 is 0 Å². The molecule has 0 bridgehead atoms. The van der Waals surface area contributed by atoms with Crippen LogP contribution in [0.3, 0.4) is 0 Å². The number of nitrogens with zero attached hydrogens (tertiary/aromatic N) is 1. The van der Waals surface area contributed by atoms with Crippen molar-refractivity contribution in [2.75, 3.05) is 28.0 Å². The number of morpholine rings is 1. The van der Waals surface area contributed by atoms with E-state index >= 15 is 0 Å². The van der Waals surface area contributed by atoms with Crippen molar-refractivity contribution in [3.8, 4) is 0 Å². The molecule has 33 heavy (non-hydrogen) atoms. The number of hydrogen-bond acceptors (Lipinski definition) is 5. The van der Waals surface area contributed by atoms with Crippen LogP contribution in [0.5, 0.6) is 0 Å². The summed E-state index contributed by atoms with van der Waals surface area (Å²) in [4.78, 5) is 15.2. The van der Waals surface area contributed by atoms with Gasteiger partial charge in [0.25, 0.3) is 5.91 Å². The second-order valence-corrected chi connectivity index (χ2v) is 12.3. The molecule has 1 aliphatic heterocycles. The predicted octanol–water partition coefficient (Wildman–Crippen LogP) is 4.71. The van der Waals surface area contributed by atoms with E-state index in [-0.39, 0.29) is 18.1 Å². The van der Waals surface area contributed by atoms with Gasteiger partial charge in [0.05, 0.1) is 17.0 Å². The molecule has 0 saturated carbocycles. The fourth-order valence-corrected chi connectivity index (χ4v) is 4.65. The Balaban J connectivity index is 1.74. The van der Waals surface area contributed by atoms with E-state index in [1.54, 1.807) is 45.0 Å². The zero-order valence-corrected chi connectivity index (χ0v) is 21.3. The number of nitrogens with one attached hydrogen (secondary N) is 2. The summed E-state index contributed by atoms with van der Waals surface area (Å²) < 4.78 is 32.1. The highest BCUT2D eigenvalue weighted by molar-refractivity contribution is 7.94. The third-order valence-corrected chi connectivity index (χ3v) is 7.86. The fourth-order valence-electron chi connectivity index (χ4n) is 3.89. The lowest BCUT2D eigenvalue weighted by Crippen LogP contribution is -2.45. The van der Waals surface area contributed by atoms with Crippen molar-refractivity contribution in [3.05, 3.63) is 53.1 Å². The molecule has 2 unspecified atom stereocenters. The number of rotatable bonds is 5. The lowest BCUT2D eigenvalue weighted by atomic mass is 10.0. The van der Waals surface area contributed by atoms with Gasteiger partial charge in [0.2, 0.25) is 10.0 Å². The summed E-state index contributed by atoms with van der Waals surface area (Å²) in [6.07, 6.45) is 0.342. The minimum absolute atomic E-state index is 0.171. The van der Waals surface area contributed by atoms with Crippen LogP contribution >= 0.6 is 0 Å². The highest BCUT2D eigenvalue weighted by atomic mass is 32.2. The van der Waals surface area contributed by atoms with Gasteiger partial charge in [-0.05, 0) is 96.0 Å². The first-order valence-corrected chi connectivity index (χ1v) is 12.7. The Labute approximate surface area is 197 Å². The molecule has 8 heteroatoms. The van der Waals surface area contributed by atoms with Crippen molar-refractivity contribution in [2.24, 2.45) is 0 Å². The van der Waals surface area contributed by atoms with Crippen LogP contribution in [0.4, 0.5) is 17.1 Å². The SMILES string of the molecule is Cc1cc(N2CC(C)OC(C)C2)cc(C)c1NC(=O)c1ccc(NS(=O)(=O)C(C)(C)C)cc1. The number of anilines is 3. The third-order valence-electron chi connectivity index (χ3n) is 5.75. The van der Waals surface area contributed by atoms with Crippen molar-refractivity contribution in [1.82, 2.24) is 0 Å². The van der Waals surface area contributed by atoms with E-state index in [1.165, 1.54) is 0 Å². The summed E-state index contributed by atoms with van der Waals surface area (Å²) in [6, 6.07) is 10.6. The molecule has 1 aliphatic rings. The highest BCUT2D eigenvalue weighted by Gasteiger charge is 2.29. The second kappa shape index (κ2) is 9.35. The van der Waals surface area contributed by atoms with Gasteiger partial charge in [0, 0.05) is 35.7 Å². The molecule has 2 aromatic carbocycles. The van der Waals surface area contributed by atoms with E-state index in [0.29, 0.717) is 11.3 Å². The summed E-state index contributed by atoms with van der Waals surface area (Å²) in [5.41, 5.74) is 4.76. The van der Waals surface area contributed by atoms with Gasteiger partial charge in [-0.1, -0.05) is 0 Å². The number of carbonyl (C=O) groups is 1. The van der Waals surface area contributed by atoms with Crippen LogP contribution in [0.2, 0.25) is 0 Å². The van der Waals surface area contributed by atoms with Gasteiger partial charge in [-0.15, -0.1) is 0 Å². The van der Waals surface area contributed by atoms with Crippen molar-refractivity contribution in [3.63, 3.8) is 0 Å². The Hall–Kier alpha value is -2.58. The molecule has 2 N–H and O–H groups in total. The van der Waals surface area contributed by atoms with Crippen LogP contribution in [-0.4, -0.2) is 44.4 Å². The average Bonchev–Trinajstić information content (AvgIpc) is 2.69. The number of ether oxygens (including phenoxy) is 1. The fraction of sp³-hybridized carbons (Fsp3) is 0.480. The molecule has 3 rings (SSSR count). The largest absolute Gasteiger partial charge is 0.372 e. The standard InChI is InChI=1S/C25H35N3O4S/c1-16-12-22(28-14-18(3)32-19(4)15-28)13-17(2)23(16)26-24(29)20-8-10-21(11-9-20)27-33(30,31)25(5,6)7/h8-13,18-19,27H,14-15H2,1-7H3,(H,26,29). The molecule has 1 fully saturated rings. The zero-order valence-electron chi connectivity index (χ0n) is 20.5. The normalized spacial score (nSPS) is 19.3. The molecule has 0 radical (unpaired) electrons. The quantitative estimate of drug-likeness (QED) is 0.657. The van der Waals surface area contributed by atoms with Crippen LogP contribution in [-0.2, 0) is 14.8 Å². The van der Waals surface area contributed by atoms with Gasteiger partial charge in [-0.2, -0.15) is 0 Å². The van der Waals surface area contributed by atoms with E-state index in [1.807, 2.05) is 13.8 Å². The maximum absolute atomic E-state index is 12.9. The van der Waals surface area contributed by atoms with Crippen molar-refractivity contribution < 1.29 is 17.9 Å². The molecule has 1 amide bonds. The van der Waals surface area contributed by atoms with E-state index in [9.17, 15) is 13.2 Å². The third kappa shape index (κ3) is 5.86. The van der Waals surface area contributed by atoms with Gasteiger partial charge in [0.1, 0.15) is 0 Å². The molecule has 0 aliphatic carbocycles. The summed E-state index contributed by atoms with van der Waals surface area (Å²) in [5, 5.41) is 3.01. The Kier molecular flexibility index (Phi) is 7.10. The molecular formula is C25H35N3O4S. The van der Waals surface area contributed by atoms with Crippen LogP contribution in [0.1, 0.15) is 56.1 Å². The predicted molar refractivity (Wildman–Crippen MR) is 135 cm³/mol. The number of aryl methyl sites for hydroxylation is 2. The molecule has 2 aromatic rings. The summed E-state index contributed by atoms with van der Waals surface area (Å²) >= 11 is 0. The average molecular weight is 474 g/mol. The highest BCUT2D eigenvalue weighted by Crippen LogP contribution is 2.29. The van der Waals surface area contributed by atoms with Crippen LogP contribution in [0, 0.1) is 13.8 Å². The van der Waals surface area contributed by atoms with Crippen molar-refractivity contribution in [2.45, 2.75) is 65.4 Å². The number of carbonyl (C=O) groups excluding carboxylic acids is 1. The van der Waals surface area contributed by atoms with E-state index in [2.05, 4.69) is 40.9 Å². The van der Waals surface area contributed by atoms with Gasteiger partial charge in [-0.3, -0.25) is 9.52 Å². The second-order valence-electron chi connectivity index (χ2n) is 9.87. The van der Waals surface area contributed by atoms with Gasteiger partial charge < -0.3 is 15.0 Å². The van der Waals surface area contributed by atoms with Crippen molar-refractivity contribution in [1.29, 1.82) is 0 Å². The molecule has 7 nitrogen and oxygen atoms in total.